The van der Waals surface area contributed by atoms with Crippen molar-refractivity contribution in [3.8, 4) is 11.4 Å². The fourth-order valence-corrected chi connectivity index (χ4v) is 10.9. The van der Waals surface area contributed by atoms with E-state index in [1.54, 1.807) is 50.2 Å². The van der Waals surface area contributed by atoms with Gasteiger partial charge in [-0.1, -0.05) is 43.7 Å². The Bertz CT molecular complexity index is 3230. The van der Waals surface area contributed by atoms with Gasteiger partial charge in [0.25, 0.3) is 17.4 Å². The van der Waals surface area contributed by atoms with Crippen molar-refractivity contribution in [2.75, 3.05) is 39.3 Å². The second-order valence-corrected chi connectivity index (χ2v) is 20.5. The summed E-state index contributed by atoms with van der Waals surface area (Å²) in [5.74, 6) is -5.43. The molecule has 0 spiro atoms. The monoisotopic (exact) mass is 1090 g/mol. The van der Waals surface area contributed by atoms with Crippen LogP contribution >= 0.6 is 0 Å². The summed E-state index contributed by atoms with van der Waals surface area (Å²) in [6.07, 6.45) is 5.71. The normalized spacial score (nSPS) is 19.8. The molecule has 1 saturated carbocycles. The van der Waals surface area contributed by atoms with Gasteiger partial charge in [0.1, 0.15) is 18.5 Å². The molecule has 3 aliphatic heterocycles. The molecule has 0 unspecified atom stereocenters. The van der Waals surface area contributed by atoms with Crippen LogP contribution in [0.2, 0.25) is 0 Å². The molecule has 2 aromatic heterocycles. The summed E-state index contributed by atoms with van der Waals surface area (Å²) in [6.45, 7) is 2.36. The number of carbonyl (C=O) groups is 9. The van der Waals surface area contributed by atoms with E-state index in [1.807, 2.05) is 0 Å². The molecule has 0 bridgehead atoms. The van der Waals surface area contributed by atoms with Crippen molar-refractivity contribution < 1.29 is 62.1 Å². The summed E-state index contributed by atoms with van der Waals surface area (Å²) >= 11 is 0. The molecule has 4 aromatic rings. The second kappa shape index (κ2) is 23.8. The Balaban J connectivity index is 0.709. The van der Waals surface area contributed by atoms with Crippen molar-refractivity contribution in [1.82, 2.24) is 46.4 Å². The molecule has 416 valence electrons. The molecule has 5 aliphatic rings. The fourth-order valence-electron chi connectivity index (χ4n) is 10.9. The van der Waals surface area contributed by atoms with Crippen molar-refractivity contribution in [2.45, 2.75) is 115 Å². The van der Waals surface area contributed by atoms with Crippen LogP contribution in [-0.2, 0) is 84.2 Å². The largest absolute Gasteiger partial charge is 0.458 e. The van der Waals surface area contributed by atoms with Crippen molar-refractivity contribution >= 4 is 64.1 Å². The Kier molecular flexibility index (Phi) is 16.8. The number of fused-ring (bicyclic) bond motifs is 5. The minimum atomic E-state index is -2.02. The Hall–Kier alpha value is -8.18. The third-order valence-corrected chi connectivity index (χ3v) is 15.4. The number of nitrogens with zero attached hydrogens (tertiary/aromatic N) is 3. The number of nitrogens with one attached hydrogen (secondary N) is 6. The number of hydrogen-bond acceptors (Lipinski definition) is 14. The Labute approximate surface area is 452 Å². The number of unbranched alkanes of at least 4 members (excludes halogenated alkanes) is 2. The van der Waals surface area contributed by atoms with E-state index in [9.17, 15) is 53.1 Å². The van der Waals surface area contributed by atoms with E-state index in [0.717, 1.165) is 27.0 Å². The molecule has 7 N–H and O–H groups in total. The number of halogens is 1. The van der Waals surface area contributed by atoms with Gasteiger partial charge in [0.15, 0.2) is 5.60 Å². The van der Waals surface area contributed by atoms with Crippen molar-refractivity contribution in [2.24, 2.45) is 5.92 Å². The topological polar surface area (TPSA) is 303 Å². The zero-order valence-corrected chi connectivity index (χ0v) is 43.8. The molecule has 0 radical (unpaired) electrons. The van der Waals surface area contributed by atoms with Crippen LogP contribution < -0.4 is 37.5 Å². The standard InChI is InChI=1S/C56H62FN9O13/c1-3-56(77)37-23-42-51-35(28-66(42)54(75)36(37)29-79-55(56)76)50-39(14-13-34-30(2)38(57)24-40(63-51)49(34)50)64-52(73)32-21-33(22-32)78-19-17-58-44(68)26-61-53(74)41(20-31-10-6-4-7-11-31)62-46(70)27-60-45(69)25-59-43(67)12-8-5-9-18-65-47(71)15-16-48(65)72/h4,6-7,10-11,15-16,23-24,32-33,39,41,77H,3,5,8-9,12-14,17-22,25-29H2,1-2H3,(H,58,68)(H,59,67)(H,60,69)(H,61,74)(H,62,70)(H,64,73)/t32-,33+,39-,41-,56-/m0/s1. The van der Waals surface area contributed by atoms with E-state index < -0.39 is 71.7 Å². The zero-order valence-electron chi connectivity index (χ0n) is 43.8. The van der Waals surface area contributed by atoms with Crippen LogP contribution in [0.4, 0.5) is 4.39 Å². The summed E-state index contributed by atoms with van der Waals surface area (Å²) in [7, 11) is 0. The number of aromatic nitrogens is 2. The van der Waals surface area contributed by atoms with Crippen LogP contribution in [-0.4, -0.2) is 124 Å². The summed E-state index contributed by atoms with van der Waals surface area (Å²) in [5.41, 5.74) is 2.48. The molecule has 79 heavy (non-hydrogen) atoms. The smallest absolute Gasteiger partial charge is 0.343 e. The summed E-state index contributed by atoms with van der Waals surface area (Å²) in [5, 5.41) is 28.1. The quantitative estimate of drug-likeness (QED) is 0.0274. The minimum Gasteiger partial charge on any atom is -0.458 e. The van der Waals surface area contributed by atoms with Crippen LogP contribution in [0.15, 0.2) is 59.4 Å². The number of hydrogen-bond donors (Lipinski definition) is 7. The lowest BCUT2D eigenvalue weighted by molar-refractivity contribution is -0.172. The first-order chi connectivity index (χ1) is 37.9. The summed E-state index contributed by atoms with van der Waals surface area (Å²) in [6, 6.07) is 10.2. The number of aryl methyl sites for hydroxylation is 1. The molecule has 1 fully saturated rings. The molecule has 3 atom stereocenters. The lowest BCUT2D eigenvalue weighted by Crippen LogP contribution is -2.52. The number of ether oxygens (including phenoxy) is 2. The van der Waals surface area contributed by atoms with Crippen molar-refractivity contribution in [3.63, 3.8) is 0 Å². The number of imide groups is 1. The average molecular weight is 1090 g/mol. The first-order valence-corrected chi connectivity index (χ1v) is 26.6. The number of esters is 1. The first kappa shape index (κ1) is 55.6. The van der Waals surface area contributed by atoms with Gasteiger partial charge in [-0.15, -0.1) is 0 Å². The van der Waals surface area contributed by atoms with Gasteiger partial charge in [-0.05, 0) is 80.2 Å². The van der Waals surface area contributed by atoms with Gasteiger partial charge in [-0.25, -0.2) is 14.2 Å². The van der Waals surface area contributed by atoms with E-state index in [1.165, 1.54) is 22.8 Å². The molecular formula is C56H62FN9O13. The molecular weight excluding hydrogens is 1030 g/mol. The highest BCUT2D eigenvalue weighted by Gasteiger charge is 2.46. The van der Waals surface area contributed by atoms with Crippen LogP contribution in [0.1, 0.15) is 103 Å². The summed E-state index contributed by atoms with van der Waals surface area (Å²) < 4.78 is 28.1. The lowest BCUT2D eigenvalue weighted by Gasteiger charge is -2.36. The molecule has 5 heterocycles. The molecule has 23 heteroatoms. The Morgan fingerprint density at radius 2 is 1.58 bits per heavy atom. The Morgan fingerprint density at radius 1 is 0.873 bits per heavy atom. The highest BCUT2D eigenvalue weighted by atomic mass is 19.1. The maximum atomic E-state index is 15.4. The third-order valence-electron chi connectivity index (χ3n) is 15.4. The molecule has 2 aliphatic carbocycles. The van der Waals surface area contributed by atoms with E-state index in [2.05, 4.69) is 31.9 Å². The molecule has 9 rings (SSSR count). The van der Waals surface area contributed by atoms with Gasteiger partial charge < -0.3 is 51.0 Å². The SMILES string of the molecule is CC[C@@]1(O)C(=O)OCc2c1cc1n(c2=O)Cc2c-1nc1cc(F)c(C)c3c1c2[C@@H](NC(=O)[C@H]1C[C@@H](OCCNC(=O)CNC(=O)[C@H](Cc2ccccc2)NC(=O)CNC(=O)CNC(=O)CCCCCN2C(=O)C=CC2=O)C1)CC3. The van der Waals surface area contributed by atoms with Crippen molar-refractivity contribution in [1.29, 1.82) is 0 Å². The van der Waals surface area contributed by atoms with E-state index >= 15 is 4.39 Å². The fraction of sp³-hybridized carbons (Fsp3) is 0.446. The number of pyridine rings is 2. The Morgan fingerprint density at radius 3 is 2.33 bits per heavy atom. The number of carbonyl (C=O) groups excluding carboxylic acids is 9. The lowest BCUT2D eigenvalue weighted by atomic mass is 9.79. The van der Waals surface area contributed by atoms with Crippen LogP contribution in [0.3, 0.4) is 0 Å². The molecule has 2 aromatic carbocycles. The zero-order chi connectivity index (χ0) is 56.1. The molecule has 8 amide bonds. The highest BCUT2D eigenvalue weighted by Crippen LogP contribution is 2.46. The number of cyclic esters (lactones) is 1. The maximum Gasteiger partial charge on any atom is 0.343 e. The first-order valence-electron chi connectivity index (χ1n) is 26.6. The van der Waals surface area contributed by atoms with Gasteiger partial charge in [0.2, 0.25) is 35.4 Å². The van der Waals surface area contributed by atoms with Gasteiger partial charge in [0, 0.05) is 66.6 Å². The van der Waals surface area contributed by atoms with Crippen LogP contribution in [0.5, 0.6) is 0 Å². The van der Waals surface area contributed by atoms with E-state index in [0.29, 0.717) is 73.0 Å². The summed E-state index contributed by atoms with van der Waals surface area (Å²) in [4.78, 5) is 134. The second-order valence-electron chi connectivity index (χ2n) is 20.5. The number of benzene rings is 2. The van der Waals surface area contributed by atoms with Crippen molar-refractivity contribution in [3.05, 3.63) is 110 Å². The predicted molar refractivity (Wildman–Crippen MR) is 279 cm³/mol. The number of rotatable bonds is 23. The van der Waals surface area contributed by atoms with Gasteiger partial charge in [-0.3, -0.25) is 48.1 Å². The number of amides is 8. The van der Waals surface area contributed by atoms with E-state index in [4.69, 9.17) is 14.5 Å². The van der Waals surface area contributed by atoms with Gasteiger partial charge in [0.05, 0.1) is 67.4 Å². The van der Waals surface area contributed by atoms with Gasteiger partial charge >= 0.3 is 5.97 Å². The van der Waals surface area contributed by atoms with Crippen LogP contribution in [0, 0.1) is 18.7 Å². The predicted octanol–water partition coefficient (Wildman–Crippen LogP) is 1.10. The molecule has 0 saturated heterocycles. The minimum absolute atomic E-state index is 0.0255. The average Bonchev–Trinajstić information content (AvgIpc) is 3.59. The number of aliphatic hydroxyl groups is 1. The third kappa shape index (κ3) is 12.0. The maximum absolute atomic E-state index is 15.4. The van der Waals surface area contributed by atoms with Gasteiger partial charge in [-0.2, -0.15) is 0 Å². The molecule has 22 nitrogen and oxygen atoms in total. The van der Waals surface area contributed by atoms with Crippen LogP contribution in [0.25, 0.3) is 22.3 Å². The highest BCUT2D eigenvalue weighted by molar-refractivity contribution is 6.12. The van der Waals surface area contributed by atoms with E-state index in [-0.39, 0.29) is 105 Å².